The highest BCUT2D eigenvalue weighted by Gasteiger charge is 2.04. The first-order chi connectivity index (χ1) is 10.7. The van der Waals surface area contributed by atoms with Crippen LogP contribution in [0.2, 0.25) is 0 Å². The number of halogens is 1. The van der Waals surface area contributed by atoms with Gasteiger partial charge in [0, 0.05) is 19.5 Å². The molecule has 0 radical (unpaired) electrons. The van der Waals surface area contributed by atoms with Crippen LogP contribution in [0, 0.1) is 0 Å². The Balaban J connectivity index is 0.00000484. The van der Waals surface area contributed by atoms with Gasteiger partial charge in [0.25, 0.3) is 5.91 Å². The van der Waals surface area contributed by atoms with Crippen molar-refractivity contribution < 1.29 is 14.3 Å². The van der Waals surface area contributed by atoms with Crippen LogP contribution in [0.25, 0.3) is 0 Å². The smallest absolute Gasteiger partial charge is 0.257 e. The third kappa shape index (κ3) is 9.76. The van der Waals surface area contributed by atoms with Gasteiger partial charge < -0.3 is 20.7 Å². The first kappa shape index (κ1) is 21.2. The molecule has 0 fully saturated rings. The Labute approximate surface area is 143 Å². The van der Waals surface area contributed by atoms with Crippen molar-refractivity contribution in [3.8, 4) is 5.75 Å². The van der Waals surface area contributed by atoms with E-state index >= 15 is 0 Å². The summed E-state index contributed by atoms with van der Waals surface area (Å²) in [6, 6.07) is 7.37. The molecular formula is C16H26ClN3O3. The van der Waals surface area contributed by atoms with Gasteiger partial charge in [0.15, 0.2) is 6.61 Å². The first-order valence-corrected chi connectivity index (χ1v) is 7.55. The van der Waals surface area contributed by atoms with Gasteiger partial charge in [-0.15, -0.1) is 12.4 Å². The van der Waals surface area contributed by atoms with Crippen molar-refractivity contribution in [2.75, 3.05) is 26.7 Å². The molecule has 6 nitrogen and oxygen atoms in total. The van der Waals surface area contributed by atoms with Crippen LogP contribution in [-0.4, -0.2) is 38.6 Å². The molecule has 0 unspecified atom stereocenters. The predicted octanol–water partition coefficient (Wildman–Crippen LogP) is 1.24. The zero-order valence-electron chi connectivity index (χ0n) is 13.7. The molecule has 130 valence electrons. The molecule has 1 aromatic rings. The Morgan fingerprint density at radius 1 is 1.17 bits per heavy atom. The maximum atomic E-state index is 11.6. The second-order valence-corrected chi connectivity index (χ2v) is 4.87. The van der Waals surface area contributed by atoms with Crippen molar-refractivity contribution in [1.82, 2.24) is 16.0 Å². The molecule has 1 rings (SSSR count). The van der Waals surface area contributed by atoms with Gasteiger partial charge in [0.2, 0.25) is 5.91 Å². The lowest BCUT2D eigenvalue weighted by atomic mass is 10.2. The Kier molecular flexibility index (Phi) is 11.7. The molecule has 3 N–H and O–H groups in total. The molecule has 0 spiro atoms. The van der Waals surface area contributed by atoms with Crippen molar-refractivity contribution in [3.05, 3.63) is 29.8 Å². The molecule has 0 bridgehead atoms. The van der Waals surface area contributed by atoms with Crippen molar-refractivity contribution >= 4 is 24.2 Å². The summed E-state index contributed by atoms with van der Waals surface area (Å²) in [5.41, 5.74) is 0.940. The van der Waals surface area contributed by atoms with Gasteiger partial charge in [0.05, 0.1) is 0 Å². The quantitative estimate of drug-likeness (QED) is 0.558. The second kappa shape index (κ2) is 12.7. The third-order valence-electron chi connectivity index (χ3n) is 2.96. The zero-order chi connectivity index (χ0) is 16.2. The van der Waals surface area contributed by atoms with E-state index in [1.807, 2.05) is 32.2 Å². The average molecular weight is 344 g/mol. The lowest BCUT2D eigenvalue weighted by molar-refractivity contribution is -0.123. The SMILES string of the molecule is CCNC(=O)COc1cccc(CNC(=O)CCCNC)c1.Cl. The van der Waals surface area contributed by atoms with Gasteiger partial charge in [-0.2, -0.15) is 0 Å². The highest BCUT2D eigenvalue weighted by atomic mass is 35.5. The van der Waals surface area contributed by atoms with Crippen LogP contribution in [0.3, 0.4) is 0 Å². The molecule has 0 saturated heterocycles. The van der Waals surface area contributed by atoms with Gasteiger partial charge in [-0.1, -0.05) is 12.1 Å². The Morgan fingerprint density at radius 3 is 2.65 bits per heavy atom. The number of benzene rings is 1. The van der Waals surface area contributed by atoms with Crippen LogP contribution in [-0.2, 0) is 16.1 Å². The average Bonchev–Trinajstić information content (AvgIpc) is 2.52. The molecule has 0 aliphatic carbocycles. The van der Waals surface area contributed by atoms with Crippen LogP contribution in [0.15, 0.2) is 24.3 Å². The largest absolute Gasteiger partial charge is 0.484 e. The van der Waals surface area contributed by atoms with E-state index in [-0.39, 0.29) is 30.8 Å². The summed E-state index contributed by atoms with van der Waals surface area (Å²) in [7, 11) is 1.87. The van der Waals surface area contributed by atoms with E-state index in [0.29, 0.717) is 25.3 Å². The lowest BCUT2D eigenvalue weighted by Crippen LogP contribution is -2.28. The maximum absolute atomic E-state index is 11.6. The molecule has 23 heavy (non-hydrogen) atoms. The summed E-state index contributed by atoms with van der Waals surface area (Å²) >= 11 is 0. The van der Waals surface area contributed by atoms with Crippen LogP contribution in [0.4, 0.5) is 0 Å². The Hall–Kier alpha value is -1.79. The number of carbonyl (C=O) groups is 2. The van der Waals surface area contributed by atoms with E-state index in [4.69, 9.17) is 4.74 Å². The molecule has 7 heteroatoms. The molecule has 0 aromatic heterocycles. The van der Waals surface area contributed by atoms with Crippen LogP contribution in [0.5, 0.6) is 5.75 Å². The van der Waals surface area contributed by atoms with Gasteiger partial charge in [-0.05, 0) is 44.6 Å². The first-order valence-electron chi connectivity index (χ1n) is 7.55. The fourth-order valence-corrected chi connectivity index (χ4v) is 1.86. The molecule has 1 aromatic carbocycles. The Morgan fingerprint density at radius 2 is 1.96 bits per heavy atom. The summed E-state index contributed by atoms with van der Waals surface area (Å²) in [5, 5.41) is 8.54. The normalized spacial score (nSPS) is 9.65. The van der Waals surface area contributed by atoms with E-state index in [1.165, 1.54) is 0 Å². The number of hydrogen-bond donors (Lipinski definition) is 3. The maximum Gasteiger partial charge on any atom is 0.257 e. The highest BCUT2D eigenvalue weighted by molar-refractivity contribution is 5.85. The summed E-state index contributed by atoms with van der Waals surface area (Å²) < 4.78 is 5.41. The lowest BCUT2D eigenvalue weighted by Gasteiger charge is -2.09. The number of rotatable bonds is 10. The van der Waals surface area contributed by atoms with E-state index in [9.17, 15) is 9.59 Å². The number of amides is 2. The fraction of sp³-hybridized carbons (Fsp3) is 0.500. The fourth-order valence-electron chi connectivity index (χ4n) is 1.86. The number of ether oxygens (including phenoxy) is 1. The van der Waals surface area contributed by atoms with Crippen molar-refractivity contribution in [3.63, 3.8) is 0 Å². The standard InChI is InChI=1S/C16H25N3O3.ClH/c1-3-18-16(21)12-22-14-7-4-6-13(10-14)11-19-15(20)8-5-9-17-2;/h4,6-7,10,17H,3,5,8-9,11-12H2,1-2H3,(H,18,21)(H,19,20);1H. The molecule has 2 amide bonds. The zero-order valence-corrected chi connectivity index (χ0v) is 14.5. The summed E-state index contributed by atoms with van der Waals surface area (Å²) in [4.78, 5) is 23.0. The third-order valence-corrected chi connectivity index (χ3v) is 2.96. The summed E-state index contributed by atoms with van der Waals surface area (Å²) in [6.07, 6.45) is 1.33. The molecular weight excluding hydrogens is 318 g/mol. The molecule has 0 aliphatic heterocycles. The predicted molar refractivity (Wildman–Crippen MR) is 92.9 cm³/mol. The van der Waals surface area contributed by atoms with E-state index in [1.54, 1.807) is 6.07 Å². The van der Waals surface area contributed by atoms with Gasteiger partial charge in [0.1, 0.15) is 5.75 Å². The number of hydrogen-bond acceptors (Lipinski definition) is 4. The topological polar surface area (TPSA) is 79.5 Å². The number of carbonyl (C=O) groups excluding carboxylic acids is 2. The second-order valence-electron chi connectivity index (χ2n) is 4.87. The highest BCUT2D eigenvalue weighted by Crippen LogP contribution is 2.13. The monoisotopic (exact) mass is 343 g/mol. The number of nitrogens with one attached hydrogen (secondary N) is 3. The van der Waals surface area contributed by atoms with Gasteiger partial charge in [-0.3, -0.25) is 9.59 Å². The van der Waals surface area contributed by atoms with Gasteiger partial charge in [-0.25, -0.2) is 0 Å². The van der Waals surface area contributed by atoms with Crippen molar-refractivity contribution in [2.45, 2.75) is 26.3 Å². The number of likely N-dealkylation sites (N-methyl/N-ethyl adjacent to an activating group) is 1. The molecule has 0 atom stereocenters. The summed E-state index contributed by atoms with van der Waals surface area (Å²) in [6.45, 7) is 3.72. The molecule has 0 heterocycles. The van der Waals surface area contributed by atoms with Crippen molar-refractivity contribution in [1.29, 1.82) is 0 Å². The minimum Gasteiger partial charge on any atom is -0.484 e. The van der Waals surface area contributed by atoms with Crippen molar-refractivity contribution in [2.24, 2.45) is 0 Å². The van der Waals surface area contributed by atoms with Crippen LogP contribution in [0.1, 0.15) is 25.3 Å². The van der Waals surface area contributed by atoms with Gasteiger partial charge >= 0.3 is 0 Å². The van der Waals surface area contributed by atoms with E-state index in [0.717, 1.165) is 18.5 Å². The summed E-state index contributed by atoms with van der Waals surface area (Å²) in [5.74, 6) is 0.503. The molecule has 0 saturated carbocycles. The Bertz CT molecular complexity index is 483. The minimum atomic E-state index is -0.147. The van der Waals surface area contributed by atoms with E-state index < -0.39 is 0 Å². The van der Waals surface area contributed by atoms with E-state index in [2.05, 4.69) is 16.0 Å². The van der Waals surface area contributed by atoms with Crippen LogP contribution >= 0.6 is 12.4 Å². The minimum absolute atomic E-state index is 0. The molecule has 0 aliphatic rings. The van der Waals surface area contributed by atoms with Crippen LogP contribution < -0.4 is 20.7 Å².